The number of aromatic nitrogens is 2. The molecule has 5 aromatic rings. The van der Waals surface area contributed by atoms with Gasteiger partial charge in [0.15, 0.2) is 0 Å². The number of aryl methyl sites for hydroxylation is 1. The number of benzene rings is 3. The molecule has 2 heterocycles. The lowest BCUT2D eigenvalue weighted by Crippen LogP contribution is -2.07. The quantitative estimate of drug-likeness (QED) is 0.218. The van der Waals surface area contributed by atoms with Crippen LogP contribution in [-0.4, -0.2) is 9.97 Å². The molecule has 146 valence electrons. The summed E-state index contributed by atoms with van der Waals surface area (Å²) < 4.78 is 39.2. The first-order valence-electron chi connectivity index (χ1n) is 8.92. The van der Waals surface area contributed by atoms with Gasteiger partial charge in [0.25, 0.3) is 0 Å². The molecular formula is C23H16F3IN2. The second-order valence-corrected chi connectivity index (χ2v) is 7.93. The van der Waals surface area contributed by atoms with Gasteiger partial charge in [0.05, 0.1) is 11.1 Å². The summed E-state index contributed by atoms with van der Waals surface area (Å²) in [6, 6.07) is 22.6. The Hall–Kier alpha value is -2.61. The van der Waals surface area contributed by atoms with Gasteiger partial charge in [0.1, 0.15) is 0 Å². The van der Waals surface area contributed by atoms with E-state index < -0.39 is 11.7 Å². The lowest BCUT2D eigenvalue weighted by Gasteiger charge is -2.11. The van der Waals surface area contributed by atoms with E-state index in [9.17, 15) is 13.2 Å². The van der Waals surface area contributed by atoms with Crippen molar-refractivity contribution in [1.29, 1.82) is 0 Å². The summed E-state index contributed by atoms with van der Waals surface area (Å²) in [5.41, 5.74) is 2.57. The summed E-state index contributed by atoms with van der Waals surface area (Å²) >= 11 is 2.05. The van der Waals surface area contributed by atoms with Crippen molar-refractivity contribution in [2.75, 3.05) is 0 Å². The van der Waals surface area contributed by atoms with Gasteiger partial charge in [-0.25, -0.2) is 0 Å². The lowest BCUT2D eigenvalue weighted by molar-refractivity contribution is -0.136. The Morgan fingerprint density at radius 1 is 0.793 bits per heavy atom. The minimum absolute atomic E-state index is 0.151. The highest BCUT2D eigenvalue weighted by molar-refractivity contribution is 14.1. The van der Waals surface area contributed by atoms with Gasteiger partial charge < -0.3 is 4.98 Å². The standard InChI is InChI=1S/C12H9N.C11H7F3IN/c1-3-7-11-9(5-1)10-6-2-4-8-12(10)13-11;1-6-4-9(11(12,13)14)8-3-2-7(15)5-10(8)16-6/h1-8,13H;2-5H,1H3. The molecule has 2 aromatic heterocycles. The van der Waals surface area contributed by atoms with Crippen LogP contribution in [0.2, 0.25) is 0 Å². The van der Waals surface area contributed by atoms with Crippen molar-refractivity contribution in [3.05, 3.63) is 87.6 Å². The van der Waals surface area contributed by atoms with Gasteiger partial charge in [-0.2, -0.15) is 13.2 Å². The number of pyridine rings is 1. The predicted octanol–water partition coefficient (Wildman–Crippen LogP) is 7.49. The fourth-order valence-corrected chi connectivity index (χ4v) is 3.84. The largest absolute Gasteiger partial charge is 0.417 e. The Bertz CT molecular complexity index is 1270. The summed E-state index contributed by atoms with van der Waals surface area (Å²) in [6.45, 7) is 1.56. The second kappa shape index (κ2) is 7.67. The molecule has 0 unspecified atom stereocenters. The van der Waals surface area contributed by atoms with E-state index in [2.05, 4.69) is 81.1 Å². The molecule has 0 spiro atoms. The lowest BCUT2D eigenvalue weighted by atomic mass is 10.1. The minimum atomic E-state index is -4.33. The zero-order valence-electron chi connectivity index (χ0n) is 15.4. The van der Waals surface area contributed by atoms with Gasteiger partial charge in [-0.3, -0.25) is 4.98 Å². The van der Waals surface area contributed by atoms with Crippen LogP contribution in [0.4, 0.5) is 13.2 Å². The highest BCUT2D eigenvalue weighted by atomic mass is 127. The molecule has 0 radical (unpaired) electrons. The van der Waals surface area contributed by atoms with E-state index in [4.69, 9.17) is 0 Å². The molecule has 0 aliphatic rings. The number of para-hydroxylation sites is 2. The SMILES string of the molecule is Cc1cc(C(F)(F)F)c2ccc(I)cc2n1.c1ccc2c(c1)[nH]c1ccccc12. The normalized spacial score (nSPS) is 11.6. The first-order valence-corrected chi connectivity index (χ1v) is 10.0. The van der Waals surface area contributed by atoms with Crippen LogP contribution in [0.25, 0.3) is 32.7 Å². The van der Waals surface area contributed by atoms with Gasteiger partial charge in [0.2, 0.25) is 0 Å². The van der Waals surface area contributed by atoms with E-state index >= 15 is 0 Å². The summed E-state index contributed by atoms with van der Waals surface area (Å²) in [5, 5.41) is 2.76. The molecule has 2 nitrogen and oxygen atoms in total. The number of halogens is 4. The van der Waals surface area contributed by atoms with Gasteiger partial charge in [-0.1, -0.05) is 42.5 Å². The Labute approximate surface area is 178 Å². The Kier molecular flexibility index (Phi) is 5.21. The monoisotopic (exact) mass is 504 g/mol. The predicted molar refractivity (Wildman–Crippen MR) is 120 cm³/mol. The fraction of sp³-hybridized carbons (Fsp3) is 0.0870. The molecular weight excluding hydrogens is 488 g/mol. The Morgan fingerprint density at radius 2 is 1.38 bits per heavy atom. The van der Waals surface area contributed by atoms with Crippen molar-refractivity contribution in [2.24, 2.45) is 0 Å². The van der Waals surface area contributed by atoms with Crippen LogP contribution < -0.4 is 0 Å². The maximum Gasteiger partial charge on any atom is 0.417 e. The van der Waals surface area contributed by atoms with Crippen molar-refractivity contribution >= 4 is 55.3 Å². The van der Waals surface area contributed by atoms with Crippen molar-refractivity contribution in [2.45, 2.75) is 13.1 Å². The van der Waals surface area contributed by atoms with Crippen molar-refractivity contribution in [1.82, 2.24) is 9.97 Å². The van der Waals surface area contributed by atoms with Crippen LogP contribution in [0.3, 0.4) is 0 Å². The molecule has 0 atom stereocenters. The molecule has 29 heavy (non-hydrogen) atoms. The Balaban J connectivity index is 0.000000144. The number of nitrogens with one attached hydrogen (secondary N) is 1. The van der Waals surface area contributed by atoms with Crippen LogP contribution in [-0.2, 0) is 6.18 Å². The molecule has 0 aliphatic carbocycles. The van der Waals surface area contributed by atoms with Gasteiger partial charge in [-0.15, -0.1) is 0 Å². The van der Waals surface area contributed by atoms with Crippen LogP contribution in [0, 0.1) is 10.5 Å². The maximum absolute atomic E-state index is 12.8. The average molecular weight is 504 g/mol. The third kappa shape index (κ3) is 4.07. The number of hydrogen-bond acceptors (Lipinski definition) is 1. The second-order valence-electron chi connectivity index (χ2n) is 6.69. The molecule has 1 N–H and O–H groups in total. The van der Waals surface area contributed by atoms with Crippen LogP contribution in [0.1, 0.15) is 11.3 Å². The number of nitrogens with zero attached hydrogens (tertiary/aromatic N) is 1. The van der Waals surface area contributed by atoms with Crippen LogP contribution >= 0.6 is 22.6 Å². The van der Waals surface area contributed by atoms with Crippen LogP contribution in [0.15, 0.2) is 72.8 Å². The van der Waals surface area contributed by atoms with Crippen molar-refractivity contribution in [3.63, 3.8) is 0 Å². The smallest absolute Gasteiger partial charge is 0.355 e. The van der Waals surface area contributed by atoms with E-state index in [1.54, 1.807) is 19.1 Å². The van der Waals surface area contributed by atoms with Gasteiger partial charge in [-0.05, 0) is 59.8 Å². The molecule has 6 heteroatoms. The molecule has 0 amide bonds. The maximum atomic E-state index is 12.8. The summed E-state index contributed by atoms with van der Waals surface area (Å²) in [6.07, 6.45) is -4.33. The summed E-state index contributed by atoms with van der Waals surface area (Å²) in [5.74, 6) is 0. The van der Waals surface area contributed by atoms with E-state index in [1.807, 2.05) is 0 Å². The number of fused-ring (bicyclic) bond motifs is 4. The van der Waals surface area contributed by atoms with E-state index in [0.717, 1.165) is 9.64 Å². The third-order valence-electron chi connectivity index (χ3n) is 4.62. The summed E-state index contributed by atoms with van der Waals surface area (Å²) in [4.78, 5) is 7.48. The van der Waals surface area contributed by atoms with Crippen molar-refractivity contribution < 1.29 is 13.2 Å². The molecule has 5 rings (SSSR count). The molecule has 0 aliphatic heterocycles. The van der Waals surface area contributed by atoms with Gasteiger partial charge >= 0.3 is 6.18 Å². The number of hydrogen-bond donors (Lipinski definition) is 1. The fourth-order valence-electron chi connectivity index (χ4n) is 3.37. The third-order valence-corrected chi connectivity index (χ3v) is 5.29. The first-order chi connectivity index (χ1) is 13.8. The van der Waals surface area contributed by atoms with Crippen molar-refractivity contribution in [3.8, 4) is 0 Å². The summed E-state index contributed by atoms with van der Waals surface area (Å²) in [7, 11) is 0. The first kappa shape index (κ1) is 19.7. The highest BCUT2D eigenvalue weighted by Gasteiger charge is 2.33. The molecule has 3 aromatic carbocycles. The van der Waals surface area contributed by atoms with Gasteiger partial charge in [0, 0.05) is 36.5 Å². The number of H-pyrrole nitrogens is 1. The number of rotatable bonds is 0. The number of aromatic amines is 1. The molecule has 0 bridgehead atoms. The molecule has 0 saturated carbocycles. The zero-order chi connectivity index (χ0) is 20.6. The Morgan fingerprint density at radius 3 is 1.97 bits per heavy atom. The van der Waals surface area contributed by atoms with E-state index in [-0.39, 0.29) is 5.39 Å². The molecule has 0 fully saturated rings. The highest BCUT2D eigenvalue weighted by Crippen LogP contribution is 2.35. The zero-order valence-corrected chi connectivity index (χ0v) is 17.5. The minimum Gasteiger partial charge on any atom is -0.355 e. The topological polar surface area (TPSA) is 28.7 Å². The molecule has 0 saturated heterocycles. The van der Waals surface area contributed by atoms with E-state index in [1.165, 1.54) is 27.9 Å². The van der Waals surface area contributed by atoms with Crippen LogP contribution in [0.5, 0.6) is 0 Å². The average Bonchev–Trinajstić information content (AvgIpc) is 3.05. The van der Waals surface area contributed by atoms with E-state index in [0.29, 0.717) is 11.2 Å². The number of alkyl halides is 3.